The van der Waals surface area contributed by atoms with Crippen molar-refractivity contribution in [3.8, 4) is 51.0 Å². The van der Waals surface area contributed by atoms with E-state index in [0.717, 1.165) is 32.8 Å². The van der Waals surface area contributed by atoms with E-state index < -0.39 is 0 Å². The van der Waals surface area contributed by atoms with Crippen molar-refractivity contribution in [2.45, 2.75) is 13.8 Å². The van der Waals surface area contributed by atoms with E-state index >= 15 is 0 Å². The molecule has 12 aromatic rings. The Balaban J connectivity index is 1.09. The number of thiophene rings is 1. The molecule has 0 aliphatic rings. The maximum absolute atomic E-state index is 5.13. The van der Waals surface area contributed by atoms with Crippen LogP contribution in [0.3, 0.4) is 0 Å². The van der Waals surface area contributed by atoms with Gasteiger partial charge >= 0.3 is 0 Å². The summed E-state index contributed by atoms with van der Waals surface area (Å²) in [6.07, 6.45) is 6.57. The lowest BCUT2D eigenvalue weighted by atomic mass is 10.00. The fourth-order valence-corrected chi connectivity index (χ4v) is 10.8. The standard InChI is InChI=1S/C57H39N5S/c1-3-18-39(4-2)61-50-34-31-38(35-48(50)44-33-32-43-42-25-14-15-30-49(42)62(51(43)52(44)61)40-23-12-7-13-24-40)41-26-16-27-45-46-28-17-29-47(54(46)63-53(41)45)57-59-55(36-19-8-5-9-20-36)58-56(60-57)37-21-10-6-11-22-37/h3-35H,1-2H3/b18-3-,39-4+. The van der Waals surface area contributed by atoms with Gasteiger partial charge in [-0.3, -0.25) is 0 Å². The smallest absolute Gasteiger partial charge is 0.165 e. The first kappa shape index (κ1) is 36.9. The molecular weight excluding hydrogens is 787 g/mol. The van der Waals surface area contributed by atoms with Crippen LogP contribution in [0.4, 0.5) is 0 Å². The molecule has 5 nitrogen and oxygen atoms in total. The Hall–Kier alpha value is -7.93. The monoisotopic (exact) mass is 825 g/mol. The van der Waals surface area contributed by atoms with Gasteiger partial charge in [0.25, 0.3) is 0 Å². The minimum Gasteiger partial charge on any atom is -0.308 e. The van der Waals surface area contributed by atoms with Crippen molar-refractivity contribution in [1.82, 2.24) is 24.1 Å². The summed E-state index contributed by atoms with van der Waals surface area (Å²) in [5, 5.41) is 7.31. The molecule has 298 valence electrons. The van der Waals surface area contributed by atoms with Crippen LogP contribution in [-0.4, -0.2) is 24.1 Å². The molecule has 4 heterocycles. The molecule has 0 aliphatic heterocycles. The number of aromatic nitrogens is 5. The van der Waals surface area contributed by atoms with Crippen LogP contribution >= 0.6 is 11.3 Å². The zero-order chi connectivity index (χ0) is 42.0. The average Bonchev–Trinajstić information content (AvgIpc) is 4.02. The summed E-state index contributed by atoms with van der Waals surface area (Å²) >= 11 is 1.81. The fraction of sp³-hybridized carbons (Fsp3) is 0.0351. The number of fused-ring (bicyclic) bond motifs is 10. The molecule has 0 spiro atoms. The predicted molar refractivity (Wildman–Crippen MR) is 267 cm³/mol. The molecule has 8 aromatic carbocycles. The molecule has 0 atom stereocenters. The third kappa shape index (κ3) is 5.87. The third-order valence-corrected chi connectivity index (χ3v) is 13.5. The number of nitrogens with zero attached hydrogens (tertiary/aromatic N) is 5. The minimum atomic E-state index is 0.655. The zero-order valence-electron chi connectivity index (χ0n) is 34.7. The maximum atomic E-state index is 5.13. The van der Waals surface area contributed by atoms with Crippen LogP contribution in [0.15, 0.2) is 200 Å². The van der Waals surface area contributed by atoms with Gasteiger partial charge in [0.2, 0.25) is 0 Å². The summed E-state index contributed by atoms with van der Waals surface area (Å²) in [4.78, 5) is 15.2. The van der Waals surface area contributed by atoms with E-state index in [4.69, 9.17) is 15.0 Å². The lowest BCUT2D eigenvalue weighted by molar-refractivity contribution is 1.08. The zero-order valence-corrected chi connectivity index (χ0v) is 35.5. The molecular formula is C57H39N5S. The van der Waals surface area contributed by atoms with Crippen molar-refractivity contribution >= 4 is 80.8 Å². The van der Waals surface area contributed by atoms with Crippen LogP contribution in [0.25, 0.3) is 120 Å². The molecule has 0 bridgehead atoms. The van der Waals surface area contributed by atoms with Crippen LogP contribution in [0, 0.1) is 0 Å². The average molecular weight is 826 g/mol. The van der Waals surface area contributed by atoms with Crippen molar-refractivity contribution < 1.29 is 0 Å². The summed E-state index contributed by atoms with van der Waals surface area (Å²) in [6.45, 7) is 4.22. The summed E-state index contributed by atoms with van der Waals surface area (Å²) in [7, 11) is 0. The lowest BCUT2D eigenvalue weighted by Crippen LogP contribution is -2.00. The van der Waals surface area contributed by atoms with E-state index in [0.29, 0.717) is 17.5 Å². The molecule has 0 N–H and O–H groups in total. The van der Waals surface area contributed by atoms with E-state index in [1.54, 1.807) is 0 Å². The number of hydrogen-bond acceptors (Lipinski definition) is 4. The van der Waals surface area contributed by atoms with Crippen LogP contribution < -0.4 is 0 Å². The number of benzene rings is 8. The molecule has 0 saturated carbocycles. The molecule has 0 aliphatic carbocycles. The first-order valence-electron chi connectivity index (χ1n) is 21.4. The summed E-state index contributed by atoms with van der Waals surface area (Å²) < 4.78 is 7.30. The first-order valence-corrected chi connectivity index (χ1v) is 22.2. The van der Waals surface area contributed by atoms with Crippen molar-refractivity contribution in [3.05, 3.63) is 200 Å². The molecule has 0 unspecified atom stereocenters. The highest BCUT2D eigenvalue weighted by Crippen LogP contribution is 2.46. The van der Waals surface area contributed by atoms with Gasteiger partial charge in [-0.1, -0.05) is 158 Å². The van der Waals surface area contributed by atoms with Gasteiger partial charge < -0.3 is 9.13 Å². The molecule has 4 aromatic heterocycles. The molecule has 0 saturated heterocycles. The van der Waals surface area contributed by atoms with Gasteiger partial charge in [-0.2, -0.15) is 0 Å². The first-order chi connectivity index (χ1) is 31.2. The fourth-order valence-electron chi connectivity index (χ4n) is 9.46. The van der Waals surface area contributed by atoms with Gasteiger partial charge in [0.05, 0.1) is 22.1 Å². The second kappa shape index (κ2) is 14.9. The summed E-state index contributed by atoms with van der Waals surface area (Å²) in [5.74, 6) is 1.97. The Morgan fingerprint density at radius 3 is 1.68 bits per heavy atom. The van der Waals surface area contributed by atoms with E-state index in [2.05, 4.69) is 187 Å². The Bertz CT molecular complexity index is 3740. The van der Waals surface area contributed by atoms with Gasteiger partial charge in [0, 0.05) is 69.8 Å². The highest BCUT2D eigenvalue weighted by Gasteiger charge is 2.23. The molecule has 63 heavy (non-hydrogen) atoms. The van der Waals surface area contributed by atoms with Gasteiger partial charge in [0.1, 0.15) is 0 Å². The van der Waals surface area contributed by atoms with Gasteiger partial charge in [-0.15, -0.1) is 11.3 Å². The van der Waals surface area contributed by atoms with E-state index in [9.17, 15) is 0 Å². The summed E-state index contributed by atoms with van der Waals surface area (Å²) in [5.41, 5.74) is 12.3. The third-order valence-electron chi connectivity index (χ3n) is 12.2. The Kier molecular flexibility index (Phi) is 8.73. The Labute approximate surface area is 368 Å². The molecule has 6 heteroatoms. The van der Waals surface area contributed by atoms with Crippen molar-refractivity contribution in [2.75, 3.05) is 0 Å². The van der Waals surface area contributed by atoms with Gasteiger partial charge in [-0.05, 0) is 67.4 Å². The van der Waals surface area contributed by atoms with Crippen molar-refractivity contribution in [3.63, 3.8) is 0 Å². The quantitative estimate of drug-likeness (QED) is 0.150. The Morgan fingerprint density at radius 2 is 1.02 bits per heavy atom. The van der Waals surface area contributed by atoms with Crippen LogP contribution in [0.1, 0.15) is 13.8 Å². The number of allylic oxidation sites excluding steroid dienone is 4. The van der Waals surface area contributed by atoms with E-state index in [1.807, 2.05) is 47.7 Å². The highest BCUT2D eigenvalue weighted by molar-refractivity contribution is 7.26. The summed E-state index contributed by atoms with van der Waals surface area (Å²) in [6, 6.07) is 64.8. The normalized spacial score (nSPS) is 12.3. The molecule has 0 fully saturated rings. The largest absolute Gasteiger partial charge is 0.308 e. The minimum absolute atomic E-state index is 0.655. The van der Waals surface area contributed by atoms with Gasteiger partial charge in [0.15, 0.2) is 17.5 Å². The number of para-hydroxylation sites is 2. The van der Waals surface area contributed by atoms with Gasteiger partial charge in [-0.25, -0.2) is 15.0 Å². The maximum Gasteiger partial charge on any atom is 0.165 e. The number of hydrogen-bond donors (Lipinski definition) is 0. The highest BCUT2D eigenvalue weighted by atomic mass is 32.1. The predicted octanol–water partition coefficient (Wildman–Crippen LogP) is 15.5. The van der Waals surface area contributed by atoms with Crippen LogP contribution in [0.5, 0.6) is 0 Å². The SMILES string of the molecule is C/C=C\C(=C/C)n1c2ccc(-c3cccc4c3sc3c(-c5nc(-c6ccccc6)nc(-c6ccccc6)n5)cccc34)cc2c2ccc3c4ccccc4n(-c4ccccc4)c3c21. The van der Waals surface area contributed by atoms with E-state index in [-0.39, 0.29) is 0 Å². The Morgan fingerprint density at radius 1 is 0.444 bits per heavy atom. The van der Waals surface area contributed by atoms with Crippen molar-refractivity contribution in [1.29, 1.82) is 0 Å². The second-order valence-corrected chi connectivity index (χ2v) is 16.9. The number of rotatable bonds is 7. The molecule has 12 rings (SSSR count). The second-order valence-electron chi connectivity index (χ2n) is 15.8. The molecule has 0 radical (unpaired) electrons. The van der Waals surface area contributed by atoms with E-state index in [1.165, 1.54) is 70.2 Å². The lowest BCUT2D eigenvalue weighted by Gasteiger charge is -2.13. The van der Waals surface area contributed by atoms with Crippen molar-refractivity contribution in [2.24, 2.45) is 0 Å². The van der Waals surface area contributed by atoms with Crippen LogP contribution in [-0.2, 0) is 0 Å². The topological polar surface area (TPSA) is 48.5 Å². The molecule has 0 amide bonds. The van der Waals surface area contributed by atoms with Crippen LogP contribution in [0.2, 0.25) is 0 Å².